The number of carboxylic acids is 1. The van der Waals surface area contributed by atoms with Crippen LogP contribution in [0.15, 0.2) is 0 Å². The monoisotopic (exact) mass is 255 g/mol. The Hall–Kier alpha value is -1.14. The minimum atomic E-state index is -0.780. The number of nitrogens with two attached hydrogens (primary N) is 1. The number of carbonyl (C=O) groups excluding carboxylic acids is 1. The van der Waals surface area contributed by atoms with Crippen molar-refractivity contribution in [2.24, 2.45) is 11.7 Å². The second-order valence-corrected chi connectivity index (χ2v) is 5.38. The van der Waals surface area contributed by atoms with Gasteiger partial charge in [0.15, 0.2) is 0 Å². The maximum absolute atomic E-state index is 11.9. The maximum Gasteiger partial charge on any atom is 0.303 e. The summed E-state index contributed by atoms with van der Waals surface area (Å²) in [7, 11) is 0. The Morgan fingerprint density at radius 3 is 2.39 bits per heavy atom. The fourth-order valence-corrected chi connectivity index (χ4v) is 2.55. The maximum atomic E-state index is 11.9. The van der Waals surface area contributed by atoms with Gasteiger partial charge in [-0.2, -0.15) is 0 Å². The predicted molar refractivity (Wildman–Crippen MR) is 66.0 cm³/mol. The molecular weight excluding hydrogens is 234 g/mol. The molecule has 6 nitrogen and oxygen atoms in total. The smallest absolute Gasteiger partial charge is 0.303 e. The van der Waals surface area contributed by atoms with Crippen molar-refractivity contribution in [3.63, 3.8) is 0 Å². The Balaban J connectivity index is 1.66. The Labute approximate surface area is 107 Å². The molecule has 18 heavy (non-hydrogen) atoms. The average molecular weight is 255 g/mol. The van der Waals surface area contributed by atoms with Crippen molar-refractivity contribution in [1.82, 2.24) is 9.80 Å². The van der Waals surface area contributed by atoms with Gasteiger partial charge in [-0.15, -0.1) is 0 Å². The predicted octanol–water partition coefficient (Wildman–Crippen LogP) is -0.657. The van der Waals surface area contributed by atoms with Crippen LogP contribution < -0.4 is 5.73 Å². The van der Waals surface area contributed by atoms with E-state index in [4.69, 9.17) is 10.8 Å². The topological polar surface area (TPSA) is 86.9 Å². The molecule has 0 aromatic heterocycles. The number of aliphatic carboxylic acids is 1. The molecule has 0 radical (unpaired) electrons. The van der Waals surface area contributed by atoms with Crippen LogP contribution in [-0.2, 0) is 9.59 Å². The summed E-state index contributed by atoms with van der Waals surface area (Å²) in [6.07, 6.45) is 2.08. The first kappa shape index (κ1) is 13.3. The number of piperidine rings is 1. The van der Waals surface area contributed by atoms with Crippen molar-refractivity contribution < 1.29 is 14.7 Å². The van der Waals surface area contributed by atoms with Crippen LogP contribution in [0.3, 0.4) is 0 Å². The largest absolute Gasteiger partial charge is 0.481 e. The second kappa shape index (κ2) is 5.67. The summed E-state index contributed by atoms with van der Waals surface area (Å²) < 4.78 is 0. The fraction of sp³-hybridized carbons (Fsp3) is 0.833. The Morgan fingerprint density at radius 2 is 1.83 bits per heavy atom. The van der Waals surface area contributed by atoms with Crippen molar-refractivity contribution in [3.05, 3.63) is 0 Å². The van der Waals surface area contributed by atoms with Crippen LogP contribution in [0.4, 0.5) is 0 Å². The molecule has 2 aliphatic rings. The summed E-state index contributed by atoms with van der Waals surface area (Å²) in [6, 6.07) is 0.278. The highest BCUT2D eigenvalue weighted by Gasteiger charge is 2.32. The molecule has 3 N–H and O–H groups in total. The molecule has 0 aliphatic carbocycles. The van der Waals surface area contributed by atoms with E-state index >= 15 is 0 Å². The van der Waals surface area contributed by atoms with Crippen LogP contribution >= 0.6 is 0 Å². The van der Waals surface area contributed by atoms with Gasteiger partial charge in [-0.25, -0.2) is 0 Å². The van der Waals surface area contributed by atoms with E-state index in [1.165, 1.54) is 0 Å². The van der Waals surface area contributed by atoms with Gasteiger partial charge in [0.2, 0.25) is 5.91 Å². The number of nitrogens with zero attached hydrogens (tertiary/aromatic N) is 2. The third kappa shape index (κ3) is 3.43. The van der Waals surface area contributed by atoms with Gasteiger partial charge in [0.1, 0.15) is 0 Å². The SMILES string of the molecule is NC1CCN(CC(=O)N2CC(CC(=O)O)C2)CC1. The molecule has 2 saturated heterocycles. The molecule has 1 amide bonds. The molecule has 2 rings (SSSR count). The van der Waals surface area contributed by atoms with Gasteiger partial charge in [-0.1, -0.05) is 0 Å². The molecule has 6 heteroatoms. The van der Waals surface area contributed by atoms with E-state index in [0.717, 1.165) is 25.9 Å². The number of hydrogen-bond acceptors (Lipinski definition) is 4. The van der Waals surface area contributed by atoms with Crippen molar-refractivity contribution in [2.75, 3.05) is 32.7 Å². The summed E-state index contributed by atoms with van der Waals surface area (Å²) in [5, 5.41) is 8.64. The van der Waals surface area contributed by atoms with E-state index in [2.05, 4.69) is 4.90 Å². The zero-order valence-corrected chi connectivity index (χ0v) is 10.5. The van der Waals surface area contributed by atoms with Gasteiger partial charge in [0.25, 0.3) is 0 Å². The normalized spacial score (nSPS) is 22.8. The standard InChI is InChI=1S/C12H21N3O3/c13-10-1-3-14(4-2-10)8-11(16)15-6-9(7-15)5-12(17)18/h9-10H,1-8,13H2,(H,17,18). The first-order valence-corrected chi connectivity index (χ1v) is 6.52. The van der Waals surface area contributed by atoms with Crippen LogP contribution in [0.5, 0.6) is 0 Å². The van der Waals surface area contributed by atoms with E-state index in [1.807, 2.05) is 0 Å². The Kier molecular flexibility index (Phi) is 4.19. The van der Waals surface area contributed by atoms with Crippen molar-refractivity contribution in [3.8, 4) is 0 Å². The number of rotatable bonds is 4. The number of hydrogen-bond donors (Lipinski definition) is 2. The minimum absolute atomic E-state index is 0.118. The minimum Gasteiger partial charge on any atom is -0.481 e. The highest BCUT2D eigenvalue weighted by Crippen LogP contribution is 2.19. The van der Waals surface area contributed by atoms with E-state index in [0.29, 0.717) is 19.6 Å². The zero-order valence-electron chi connectivity index (χ0n) is 10.5. The summed E-state index contributed by atoms with van der Waals surface area (Å²) in [6.45, 7) is 3.42. The molecule has 0 bridgehead atoms. The third-order valence-corrected chi connectivity index (χ3v) is 3.76. The molecule has 0 saturated carbocycles. The molecule has 0 aromatic carbocycles. The van der Waals surface area contributed by atoms with E-state index in [9.17, 15) is 9.59 Å². The first-order chi connectivity index (χ1) is 8.54. The molecule has 0 aromatic rings. The van der Waals surface area contributed by atoms with Crippen LogP contribution in [0.2, 0.25) is 0 Å². The van der Waals surface area contributed by atoms with Crippen molar-refractivity contribution in [2.45, 2.75) is 25.3 Å². The van der Waals surface area contributed by atoms with Crippen LogP contribution in [0.1, 0.15) is 19.3 Å². The Bertz CT molecular complexity index is 321. The van der Waals surface area contributed by atoms with Gasteiger partial charge < -0.3 is 15.7 Å². The zero-order chi connectivity index (χ0) is 13.1. The number of carbonyl (C=O) groups is 2. The molecule has 2 fully saturated rings. The first-order valence-electron chi connectivity index (χ1n) is 6.52. The van der Waals surface area contributed by atoms with Gasteiger partial charge in [-0.3, -0.25) is 14.5 Å². The average Bonchev–Trinajstić information content (AvgIpc) is 2.25. The molecule has 0 unspecified atom stereocenters. The van der Waals surface area contributed by atoms with Gasteiger partial charge in [-0.05, 0) is 12.8 Å². The quantitative estimate of drug-likeness (QED) is 0.696. The van der Waals surface area contributed by atoms with E-state index in [1.54, 1.807) is 4.90 Å². The third-order valence-electron chi connectivity index (χ3n) is 3.76. The molecule has 2 aliphatic heterocycles. The fourth-order valence-electron chi connectivity index (χ4n) is 2.55. The van der Waals surface area contributed by atoms with Crippen molar-refractivity contribution >= 4 is 11.9 Å². The lowest BCUT2D eigenvalue weighted by Crippen LogP contribution is -2.54. The number of likely N-dealkylation sites (tertiary alicyclic amines) is 2. The number of carboxylic acid groups (broad SMARTS) is 1. The van der Waals surface area contributed by atoms with E-state index < -0.39 is 5.97 Å². The van der Waals surface area contributed by atoms with Gasteiger partial charge in [0.05, 0.1) is 13.0 Å². The van der Waals surface area contributed by atoms with Crippen LogP contribution in [-0.4, -0.2) is 65.5 Å². The lowest BCUT2D eigenvalue weighted by molar-refractivity contribution is -0.145. The highest BCUT2D eigenvalue weighted by molar-refractivity contribution is 5.79. The highest BCUT2D eigenvalue weighted by atomic mass is 16.4. The lowest BCUT2D eigenvalue weighted by atomic mass is 9.96. The number of amides is 1. The summed E-state index contributed by atoms with van der Waals surface area (Å²) >= 11 is 0. The van der Waals surface area contributed by atoms with Gasteiger partial charge in [0, 0.05) is 38.1 Å². The lowest BCUT2D eigenvalue weighted by Gasteiger charge is -2.40. The van der Waals surface area contributed by atoms with Crippen LogP contribution in [0.25, 0.3) is 0 Å². The molecular formula is C12H21N3O3. The van der Waals surface area contributed by atoms with Crippen molar-refractivity contribution in [1.29, 1.82) is 0 Å². The van der Waals surface area contributed by atoms with Crippen LogP contribution in [0, 0.1) is 5.92 Å². The second-order valence-electron chi connectivity index (χ2n) is 5.38. The molecule has 2 heterocycles. The van der Waals surface area contributed by atoms with E-state index in [-0.39, 0.29) is 24.3 Å². The summed E-state index contributed by atoms with van der Waals surface area (Å²) in [5.74, 6) is -0.523. The molecule has 102 valence electrons. The summed E-state index contributed by atoms with van der Waals surface area (Å²) in [4.78, 5) is 26.3. The van der Waals surface area contributed by atoms with Gasteiger partial charge >= 0.3 is 5.97 Å². The molecule has 0 atom stereocenters. The summed E-state index contributed by atoms with van der Waals surface area (Å²) in [5.41, 5.74) is 5.81. The molecule has 0 spiro atoms. The Morgan fingerprint density at radius 1 is 1.22 bits per heavy atom.